The first-order valence-electron chi connectivity index (χ1n) is 9.11. The molecule has 0 radical (unpaired) electrons. The lowest BCUT2D eigenvalue weighted by Gasteiger charge is -2.13. The fraction of sp³-hybridized carbons (Fsp3) is 0.222. The van der Waals surface area contributed by atoms with Crippen LogP contribution >= 0.6 is 22.9 Å². The first-order valence-corrected chi connectivity index (χ1v) is 10.3. The molecule has 0 aromatic carbocycles. The summed E-state index contributed by atoms with van der Waals surface area (Å²) < 4.78 is 39.0. The zero-order chi connectivity index (χ0) is 24.3. The van der Waals surface area contributed by atoms with Crippen molar-refractivity contribution in [1.29, 1.82) is 0 Å². The van der Waals surface area contributed by atoms with Gasteiger partial charge in [-0.3, -0.25) is 9.59 Å². The number of hydrogen-bond donors (Lipinski definition) is 4. The third-order valence-electron chi connectivity index (χ3n) is 4.27. The van der Waals surface area contributed by atoms with Gasteiger partial charge in [-0.15, -0.1) is 11.3 Å². The molecule has 0 unspecified atom stereocenters. The van der Waals surface area contributed by atoms with Gasteiger partial charge in [0.2, 0.25) is 0 Å². The minimum Gasteiger partial charge on any atom is -0.383 e. The fourth-order valence-corrected chi connectivity index (χ4v) is 3.67. The highest BCUT2D eigenvalue weighted by Crippen LogP contribution is 2.35. The Morgan fingerprint density at radius 2 is 1.91 bits per heavy atom. The molecule has 0 aliphatic carbocycles. The number of alkyl halides is 3. The van der Waals surface area contributed by atoms with Crippen molar-refractivity contribution in [1.82, 2.24) is 25.3 Å². The van der Waals surface area contributed by atoms with Crippen molar-refractivity contribution < 1.29 is 22.8 Å². The largest absolute Gasteiger partial charge is 0.418 e. The molecule has 0 aliphatic heterocycles. The summed E-state index contributed by atoms with van der Waals surface area (Å²) in [5.41, 5.74) is 10.5. The molecule has 0 fully saturated rings. The smallest absolute Gasteiger partial charge is 0.383 e. The number of anilines is 2. The topological polar surface area (TPSA) is 162 Å². The number of carbonyl (C=O) groups excluding carboxylic acids is 2. The third kappa shape index (κ3) is 5.53. The summed E-state index contributed by atoms with van der Waals surface area (Å²) in [6, 6.07) is 0.00404. The first-order chi connectivity index (χ1) is 15.5. The van der Waals surface area contributed by atoms with Crippen LogP contribution in [0.1, 0.15) is 49.3 Å². The van der Waals surface area contributed by atoms with Gasteiger partial charge in [0.15, 0.2) is 0 Å². The van der Waals surface area contributed by atoms with E-state index in [4.69, 9.17) is 23.1 Å². The van der Waals surface area contributed by atoms with Crippen LogP contribution in [-0.2, 0) is 12.7 Å². The highest BCUT2D eigenvalue weighted by atomic mass is 35.5. The number of pyridine rings is 1. The lowest BCUT2D eigenvalue weighted by Crippen LogP contribution is -2.29. The Hall–Kier alpha value is -3.36. The van der Waals surface area contributed by atoms with Crippen LogP contribution in [0.15, 0.2) is 24.8 Å². The van der Waals surface area contributed by atoms with E-state index in [1.807, 2.05) is 0 Å². The van der Waals surface area contributed by atoms with Crippen molar-refractivity contribution in [3.05, 3.63) is 56.5 Å². The Morgan fingerprint density at radius 3 is 2.58 bits per heavy atom. The predicted molar refractivity (Wildman–Crippen MR) is 115 cm³/mol. The van der Waals surface area contributed by atoms with Crippen molar-refractivity contribution in [3.8, 4) is 0 Å². The van der Waals surface area contributed by atoms with E-state index in [9.17, 15) is 22.8 Å². The molecule has 3 rings (SSSR count). The van der Waals surface area contributed by atoms with Crippen LogP contribution in [0.25, 0.3) is 0 Å². The minimum absolute atomic E-state index is 0.0145. The van der Waals surface area contributed by atoms with E-state index in [2.05, 4.69) is 30.6 Å². The summed E-state index contributed by atoms with van der Waals surface area (Å²) >= 11 is 6.46. The number of nitrogens with one attached hydrogen (secondary N) is 2. The SMILES string of the molecule is C[C@@H](NC(=O)c1ncnc(N)c1CN)c1ncc(C(=O)Nc2cc(C(F)(F)F)c(Cl)cn2)s1. The highest BCUT2D eigenvalue weighted by molar-refractivity contribution is 7.13. The molecule has 1 atom stereocenters. The van der Waals surface area contributed by atoms with Crippen LogP contribution in [0, 0.1) is 0 Å². The van der Waals surface area contributed by atoms with Crippen LogP contribution in [0.4, 0.5) is 24.8 Å². The van der Waals surface area contributed by atoms with Crippen molar-refractivity contribution >= 4 is 46.4 Å². The highest BCUT2D eigenvalue weighted by Gasteiger charge is 2.34. The lowest BCUT2D eigenvalue weighted by molar-refractivity contribution is -0.137. The number of nitrogens with zero attached hydrogens (tertiary/aromatic N) is 4. The number of thiazole rings is 1. The Bertz CT molecular complexity index is 1200. The number of aromatic nitrogens is 4. The normalized spacial score (nSPS) is 12.3. The molecule has 33 heavy (non-hydrogen) atoms. The maximum atomic E-state index is 13.0. The van der Waals surface area contributed by atoms with E-state index >= 15 is 0 Å². The number of halogens is 4. The van der Waals surface area contributed by atoms with Crippen LogP contribution in [0.5, 0.6) is 0 Å². The van der Waals surface area contributed by atoms with Crippen LogP contribution in [0.3, 0.4) is 0 Å². The molecule has 10 nitrogen and oxygen atoms in total. The molecule has 0 saturated carbocycles. The molecule has 3 aromatic rings. The van der Waals surface area contributed by atoms with Crippen molar-refractivity contribution in [2.45, 2.75) is 25.7 Å². The average molecular weight is 501 g/mol. The second-order valence-corrected chi connectivity index (χ2v) is 8.02. The predicted octanol–water partition coefficient (Wildman–Crippen LogP) is 2.78. The lowest BCUT2D eigenvalue weighted by atomic mass is 10.2. The van der Waals surface area contributed by atoms with E-state index in [1.165, 1.54) is 6.20 Å². The van der Waals surface area contributed by atoms with Crippen LogP contribution in [0.2, 0.25) is 5.02 Å². The monoisotopic (exact) mass is 500 g/mol. The van der Waals surface area contributed by atoms with Crippen molar-refractivity contribution in [2.24, 2.45) is 5.73 Å². The number of rotatable bonds is 6. The summed E-state index contributed by atoms with van der Waals surface area (Å²) in [7, 11) is 0. The van der Waals surface area contributed by atoms with Gasteiger partial charge in [-0.2, -0.15) is 13.2 Å². The van der Waals surface area contributed by atoms with Crippen molar-refractivity contribution in [2.75, 3.05) is 11.1 Å². The maximum absolute atomic E-state index is 13.0. The summed E-state index contributed by atoms with van der Waals surface area (Å²) in [5.74, 6) is -1.54. The Kier molecular flexibility index (Phi) is 7.09. The van der Waals surface area contributed by atoms with Gasteiger partial charge in [0.25, 0.3) is 11.8 Å². The van der Waals surface area contributed by atoms with Gasteiger partial charge < -0.3 is 22.1 Å². The third-order valence-corrected chi connectivity index (χ3v) is 5.75. The molecule has 15 heteroatoms. The number of amides is 2. The van der Waals surface area contributed by atoms with E-state index in [1.54, 1.807) is 6.92 Å². The standard InChI is InChI=1S/C18H16ClF3N8O2S/c1-7(29-16(32)13-8(3-23)14(24)28-6-27-13)17-26-5-11(33-17)15(31)30-12-2-9(18(20,21)22)10(19)4-25-12/h2,4-7H,3,23H2,1H3,(H,29,32)(H2,24,27,28)(H,25,30,31)/t7-/m1/s1. The van der Waals surface area contributed by atoms with Crippen LogP contribution in [-0.4, -0.2) is 31.8 Å². The Balaban J connectivity index is 1.71. The molecule has 0 aliphatic rings. The van der Waals surface area contributed by atoms with E-state index in [0.717, 1.165) is 23.9 Å². The number of nitrogen functional groups attached to an aromatic ring is 1. The van der Waals surface area contributed by atoms with Gasteiger partial charge in [0, 0.05) is 18.3 Å². The van der Waals surface area contributed by atoms with E-state index in [0.29, 0.717) is 11.1 Å². The molecular weight excluding hydrogens is 485 g/mol. The fourth-order valence-electron chi connectivity index (χ4n) is 2.64. The van der Waals surface area contributed by atoms with Crippen LogP contribution < -0.4 is 22.1 Å². The summed E-state index contributed by atoms with van der Waals surface area (Å²) in [6.45, 7) is 1.58. The zero-order valence-electron chi connectivity index (χ0n) is 16.8. The molecular formula is C18H16ClF3N8O2S. The molecule has 6 N–H and O–H groups in total. The van der Waals surface area contributed by atoms with Gasteiger partial charge in [0.05, 0.1) is 22.8 Å². The second-order valence-electron chi connectivity index (χ2n) is 6.55. The maximum Gasteiger partial charge on any atom is 0.418 e. The molecule has 3 aromatic heterocycles. The van der Waals surface area contributed by atoms with Gasteiger partial charge in [0.1, 0.15) is 33.5 Å². The zero-order valence-corrected chi connectivity index (χ0v) is 18.3. The van der Waals surface area contributed by atoms with Gasteiger partial charge in [-0.1, -0.05) is 11.6 Å². The molecule has 3 heterocycles. The summed E-state index contributed by atoms with van der Waals surface area (Å²) in [6.07, 6.45) is -1.55. The van der Waals surface area contributed by atoms with Gasteiger partial charge >= 0.3 is 6.18 Å². The number of hydrogen-bond acceptors (Lipinski definition) is 9. The van der Waals surface area contributed by atoms with E-state index in [-0.39, 0.29) is 34.3 Å². The summed E-state index contributed by atoms with van der Waals surface area (Å²) in [5, 5.41) is 4.71. The van der Waals surface area contributed by atoms with Crippen molar-refractivity contribution in [3.63, 3.8) is 0 Å². The molecule has 0 saturated heterocycles. The van der Waals surface area contributed by atoms with Gasteiger partial charge in [-0.05, 0) is 13.0 Å². The molecule has 174 valence electrons. The first kappa shape index (κ1) is 24.3. The van der Waals surface area contributed by atoms with E-state index < -0.39 is 34.6 Å². The average Bonchev–Trinajstić information content (AvgIpc) is 3.24. The number of nitrogens with two attached hydrogens (primary N) is 2. The minimum atomic E-state index is -4.71. The second kappa shape index (κ2) is 9.64. The molecule has 2 amide bonds. The number of carbonyl (C=O) groups is 2. The Labute approximate surface area is 193 Å². The Morgan fingerprint density at radius 1 is 1.18 bits per heavy atom. The molecule has 0 bridgehead atoms. The summed E-state index contributed by atoms with van der Waals surface area (Å²) in [4.78, 5) is 40.6. The quantitative estimate of drug-likeness (QED) is 0.401. The van der Waals surface area contributed by atoms with Gasteiger partial charge in [-0.25, -0.2) is 19.9 Å². The molecule has 0 spiro atoms.